The normalized spacial score (nSPS) is 56.4. The minimum Gasteiger partial charge on any atom is -0.393 e. The van der Waals surface area contributed by atoms with Gasteiger partial charge in [-0.3, -0.25) is 0 Å². The first-order valence-corrected chi connectivity index (χ1v) is 9.77. The van der Waals surface area contributed by atoms with Crippen LogP contribution in [-0.2, 0) is 0 Å². The van der Waals surface area contributed by atoms with Gasteiger partial charge in [0.05, 0.1) is 6.10 Å². The molecule has 0 spiro atoms. The Bertz CT molecular complexity index is 405. The topological polar surface area (TPSA) is 20.2 Å². The van der Waals surface area contributed by atoms with Crippen LogP contribution in [0.5, 0.6) is 0 Å². The lowest BCUT2D eigenvalue weighted by molar-refractivity contribution is -0.124. The van der Waals surface area contributed by atoms with Crippen LogP contribution < -0.4 is 0 Å². The number of rotatable bonds is 1. The van der Waals surface area contributed by atoms with Crippen molar-refractivity contribution in [3.8, 4) is 0 Å². The molecule has 4 rings (SSSR count). The van der Waals surface area contributed by atoms with Crippen LogP contribution in [0, 0.1) is 34.5 Å². The summed E-state index contributed by atoms with van der Waals surface area (Å²) in [5, 5.41) is 10.1. The van der Waals surface area contributed by atoms with E-state index in [9.17, 15) is 5.11 Å². The van der Waals surface area contributed by atoms with Crippen molar-refractivity contribution < 1.29 is 5.11 Å². The van der Waals surface area contributed by atoms with Crippen LogP contribution in [0.2, 0.25) is 0 Å². The van der Waals surface area contributed by atoms with Gasteiger partial charge in [0, 0.05) is 0 Å². The van der Waals surface area contributed by atoms with Gasteiger partial charge in [-0.05, 0) is 92.3 Å². The first-order valence-electron chi connectivity index (χ1n) is 9.77. The maximum absolute atomic E-state index is 10.1. The van der Waals surface area contributed by atoms with Gasteiger partial charge in [-0.25, -0.2) is 0 Å². The summed E-state index contributed by atoms with van der Waals surface area (Å²) in [5.74, 6) is 3.87. The average molecular weight is 290 g/mol. The second-order valence-electron chi connectivity index (χ2n) is 9.23. The third-order valence-corrected chi connectivity index (χ3v) is 8.87. The molecule has 0 heterocycles. The summed E-state index contributed by atoms with van der Waals surface area (Å²) in [6.45, 7) is 5.07. The molecule has 0 aliphatic heterocycles. The van der Waals surface area contributed by atoms with E-state index in [-0.39, 0.29) is 6.10 Å². The number of aliphatic hydroxyl groups is 1. The highest BCUT2D eigenvalue weighted by atomic mass is 16.3. The van der Waals surface area contributed by atoms with Crippen molar-refractivity contribution in [3.63, 3.8) is 0 Å². The van der Waals surface area contributed by atoms with E-state index in [1.165, 1.54) is 57.8 Å². The largest absolute Gasteiger partial charge is 0.393 e. The van der Waals surface area contributed by atoms with E-state index >= 15 is 0 Å². The van der Waals surface area contributed by atoms with E-state index in [1.807, 2.05) is 0 Å². The van der Waals surface area contributed by atoms with Gasteiger partial charge in [0.1, 0.15) is 0 Å². The Balaban J connectivity index is 1.62. The predicted octanol–water partition coefficient (Wildman–Crippen LogP) is 5.17. The molecule has 4 fully saturated rings. The summed E-state index contributed by atoms with van der Waals surface area (Å²) in [6.07, 6.45) is 15.3. The number of fused-ring (bicyclic) bond motifs is 5. The molecular weight excluding hydrogens is 256 g/mol. The number of aliphatic hydroxyl groups excluding tert-OH is 1. The Hall–Kier alpha value is -0.0400. The lowest BCUT2D eigenvalue weighted by Gasteiger charge is -2.60. The van der Waals surface area contributed by atoms with Gasteiger partial charge in [0.15, 0.2) is 0 Å². The summed E-state index contributed by atoms with van der Waals surface area (Å²) in [5.41, 5.74) is 1.29. The van der Waals surface area contributed by atoms with Gasteiger partial charge in [-0.1, -0.05) is 26.7 Å². The average Bonchev–Trinajstić information content (AvgIpc) is 2.92. The van der Waals surface area contributed by atoms with Crippen molar-refractivity contribution in [2.24, 2.45) is 34.5 Å². The van der Waals surface area contributed by atoms with Crippen LogP contribution in [0.15, 0.2) is 0 Å². The van der Waals surface area contributed by atoms with Crippen molar-refractivity contribution >= 4 is 0 Å². The SMILES string of the molecule is CC[C@@]12CCC[C@H]1[C@@H]1CC[C@@H]3C[C@H](O)CC[C@]3(C)[C@H]1CC2. The van der Waals surface area contributed by atoms with Gasteiger partial charge in [0.2, 0.25) is 0 Å². The molecular formula is C20H34O. The number of hydrogen-bond acceptors (Lipinski definition) is 1. The van der Waals surface area contributed by atoms with Gasteiger partial charge in [-0.2, -0.15) is 0 Å². The fourth-order valence-corrected chi connectivity index (χ4v) is 7.65. The van der Waals surface area contributed by atoms with Gasteiger partial charge in [0.25, 0.3) is 0 Å². The quantitative estimate of drug-likeness (QED) is 0.706. The smallest absolute Gasteiger partial charge is 0.0543 e. The van der Waals surface area contributed by atoms with Crippen LogP contribution in [0.25, 0.3) is 0 Å². The second-order valence-corrected chi connectivity index (χ2v) is 9.23. The summed E-state index contributed by atoms with van der Waals surface area (Å²) in [6, 6.07) is 0. The van der Waals surface area contributed by atoms with Crippen LogP contribution >= 0.6 is 0 Å². The standard InChI is InChI=1S/C20H34O/c1-3-20-10-4-5-18(20)16-7-6-14-13-15(21)8-11-19(14,2)17(16)9-12-20/h14-18,21H,3-13H2,1-2H3/t14-,15-,16-,17+,18+,19+,20+/m1/s1. The van der Waals surface area contributed by atoms with Gasteiger partial charge < -0.3 is 5.11 Å². The zero-order valence-corrected chi connectivity index (χ0v) is 14.1. The molecule has 21 heavy (non-hydrogen) atoms. The molecule has 4 aliphatic rings. The summed E-state index contributed by atoms with van der Waals surface area (Å²) in [7, 11) is 0. The monoisotopic (exact) mass is 290 g/mol. The molecule has 0 aromatic carbocycles. The molecule has 0 radical (unpaired) electrons. The zero-order valence-electron chi connectivity index (χ0n) is 14.1. The van der Waals surface area contributed by atoms with Crippen LogP contribution in [0.4, 0.5) is 0 Å². The van der Waals surface area contributed by atoms with Gasteiger partial charge >= 0.3 is 0 Å². The molecule has 0 amide bonds. The highest BCUT2D eigenvalue weighted by Gasteiger charge is 2.58. The molecule has 7 atom stereocenters. The van der Waals surface area contributed by atoms with Crippen molar-refractivity contribution in [2.45, 2.75) is 90.6 Å². The highest BCUT2D eigenvalue weighted by molar-refractivity contribution is 5.08. The van der Waals surface area contributed by atoms with E-state index in [4.69, 9.17) is 0 Å². The van der Waals surface area contributed by atoms with Gasteiger partial charge in [-0.15, -0.1) is 0 Å². The van der Waals surface area contributed by atoms with Crippen molar-refractivity contribution in [1.82, 2.24) is 0 Å². The molecule has 120 valence electrons. The van der Waals surface area contributed by atoms with E-state index < -0.39 is 0 Å². The third-order valence-electron chi connectivity index (χ3n) is 8.87. The Morgan fingerprint density at radius 1 is 0.952 bits per heavy atom. The maximum atomic E-state index is 10.1. The fraction of sp³-hybridized carbons (Fsp3) is 1.00. The molecule has 4 saturated carbocycles. The molecule has 0 aromatic heterocycles. The molecule has 0 bridgehead atoms. The van der Waals surface area contributed by atoms with Crippen LogP contribution in [0.1, 0.15) is 84.5 Å². The van der Waals surface area contributed by atoms with Crippen molar-refractivity contribution in [2.75, 3.05) is 0 Å². The van der Waals surface area contributed by atoms with Crippen molar-refractivity contribution in [3.05, 3.63) is 0 Å². The Morgan fingerprint density at radius 3 is 2.62 bits per heavy atom. The third kappa shape index (κ3) is 1.98. The summed E-state index contributed by atoms with van der Waals surface area (Å²) < 4.78 is 0. The molecule has 0 unspecified atom stereocenters. The molecule has 1 N–H and O–H groups in total. The fourth-order valence-electron chi connectivity index (χ4n) is 7.65. The summed E-state index contributed by atoms with van der Waals surface area (Å²) >= 11 is 0. The Kier molecular flexibility index (Phi) is 3.45. The highest BCUT2D eigenvalue weighted by Crippen LogP contribution is 2.66. The lowest BCUT2D eigenvalue weighted by atomic mass is 9.45. The maximum Gasteiger partial charge on any atom is 0.0543 e. The molecule has 4 aliphatic carbocycles. The number of hydrogen-bond donors (Lipinski definition) is 1. The minimum atomic E-state index is 0.00410. The molecule has 0 aromatic rings. The van der Waals surface area contributed by atoms with E-state index in [0.717, 1.165) is 41.9 Å². The first kappa shape index (κ1) is 14.5. The Morgan fingerprint density at radius 2 is 1.81 bits per heavy atom. The van der Waals surface area contributed by atoms with Crippen LogP contribution in [-0.4, -0.2) is 11.2 Å². The van der Waals surface area contributed by atoms with E-state index in [2.05, 4.69) is 13.8 Å². The molecule has 1 nitrogen and oxygen atoms in total. The van der Waals surface area contributed by atoms with E-state index in [1.54, 1.807) is 0 Å². The zero-order chi connectivity index (χ0) is 14.7. The van der Waals surface area contributed by atoms with Crippen molar-refractivity contribution in [1.29, 1.82) is 0 Å². The predicted molar refractivity (Wildman–Crippen MR) is 87.0 cm³/mol. The molecule has 0 saturated heterocycles. The Labute approximate surface area is 130 Å². The molecule has 1 heteroatoms. The van der Waals surface area contributed by atoms with E-state index in [0.29, 0.717) is 5.41 Å². The summed E-state index contributed by atoms with van der Waals surface area (Å²) in [4.78, 5) is 0. The lowest BCUT2D eigenvalue weighted by Crippen LogP contribution is -2.53. The first-order chi connectivity index (χ1) is 10.1. The second kappa shape index (κ2) is 4.98. The minimum absolute atomic E-state index is 0.00410. The van der Waals surface area contributed by atoms with Crippen LogP contribution in [0.3, 0.4) is 0 Å².